The third kappa shape index (κ3) is 2.73. The molecule has 22 heavy (non-hydrogen) atoms. The highest BCUT2D eigenvalue weighted by Gasteiger charge is 2.19. The molecule has 0 bridgehead atoms. The predicted octanol–water partition coefficient (Wildman–Crippen LogP) is 3.42. The molecule has 1 aromatic heterocycles. The highest BCUT2D eigenvalue weighted by atomic mass is 32.2. The minimum absolute atomic E-state index is 0.377. The second-order valence-electron chi connectivity index (χ2n) is 4.64. The highest BCUT2D eigenvalue weighted by Crippen LogP contribution is 2.24. The van der Waals surface area contributed by atoms with Crippen LogP contribution in [0.15, 0.2) is 78.0 Å². The molecule has 3 rings (SSSR count). The first-order valence-electron chi connectivity index (χ1n) is 6.58. The van der Waals surface area contributed by atoms with Crippen LogP contribution in [-0.2, 0) is 10.0 Å². The summed E-state index contributed by atoms with van der Waals surface area (Å²) in [7, 11) is -4.00. The lowest BCUT2D eigenvalue weighted by Gasteiger charge is -2.13. The Hall–Kier alpha value is -2.60. The quantitative estimate of drug-likeness (QED) is 0.802. The molecule has 0 aliphatic rings. The summed E-state index contributed by atoms with van der Waals surface area (Å²) >= 11 is 0. The maximum atomic E-state index is 13.7. The molecule has 2 aromatic carbocycles. The summed E-state index contributed by atoms with van der Waals surface area (Å²) in [5, 5.41) is 0. The van der Waals surface area contributed by atoms with Crippen molar-refractivity contribution in [1.29, 1.82) is 0 Å². The Bertz CT molecular complexity index is 890. The average molecular weight is 316 g/mol. The molecule has 0 aliphatic carbocycles. The molecule has 0 saturated carbocycles. The normalized spacial score (nSPS) is 11.3. The van der Waals surface area contributed by atoms with E-state index in [0.29, 0.717) is 11.4 Å². The summed E-state index contributed by atoms with van der Waals surface area (Å²) < 4.78 is 42.7. The molecule has 0 spiro atoms. The lowest BCUT2D eigenvalue weighted by molar-refractivity contribution is 0.570. The van der Waals surface area contributed by atoms with Crippen LogP contribution in [0.4, 0.5) is 10.1 Å². The zero-order chi connectivity index (χ0) is 15.6. The van der Waals surface area contributed by atoms with Crippen LogP contribution in [0.3, 0.4) is 0 Å². The first-order chi connectivity index (χ1) is 10.6. The van der Waals surface area contributed by atoms with E-state index in [1.807, 2.05) is 12.1 Å². The summed E-state index contributed by atoms with van der Waals surface area (Å²) in [6, 6.07) is 15.9. The monoisotopic (exact) mass is 316 g/mol. The van der Waals surface area contributed by atoms with Gasteiger partial charge in [-0.05, 0) is 36.4 Å². The maximum absolute atomic E-state index is 13.7. The molecule has 6 heteroatoms. The summed E-state index contributed by atoms with van der Waals surface area (Å²) in [5.74, 6) is -0.784. The maximum Gasteiger partial charge on any atom is 0.264 e. The summed E-state index contributed by atoms with van der Waals surface area (Å²) in [6.45, 7) is 0. The van der Waals surface area contributed by atoms with E-state index < -0.39 is 15.8 Å². The fourth-order valence-electron chi connectivity index (χ4n) is 2.14. The zero-order valence-corrected chi connectivity index (χ0v) is 12.3. The van der Waals surface area contributed by atoms with Gasteiger partial charge in [0, 0.05) is 12.4 Å². The minimum Gasteiger partial charge on any atom is -0.322 e. The second-order valence-corrected chi connectivity index (χ2v) is 6.29. The number of nitrogens with zero attached hydrogens (tertiary/aromatic N) is 1. The number of aromatic nitrogens is 1. The van der Waals surface area contributed by atoms with Crippen LogP contribution in [-0.4, -0.2) is 13.0 Å². The Morgan fingerprint density at radius 1 is 0.864 bits per heavy atom. The molecule has 0 saturated heterocycles. The van der Waals surface area contributed by atoms with Gasteiger partial charge < -0.3 is 4.57 Å². The molecule has 0 unspecified atom stereocenters. The molecule has 0 amide bonds. The van der Waals surface area contributed by atoms with Crippen molar-refractivity contribution in [2.24, 2.45) is 0 Å². The number of halogens is 1. The molecule has 0 atom stereocenters. The zero-order valence-electron chi connectivity index (χ0n) is 11.5. The van der Waals surface area contributed by atoms with E-state index in [4.69, 9.17) is 0 Å². The fraction of sp³-hybridized carbons (Fsp3) is 0. The Morgan fingerprint density at radius 2 is 1.50 bits per heavy atom. The Labute approximate surface area is 127 Å². The molecule has 112 valence electrons. The van der Waals surface area contributed by atoms with Gasteiger partial charge in [0.05, 0.1) is 11.4 Å². The van der Waals surface area contributed by atoms with E-state index in [9.17, 15) is 12.8 Å². The van der Waals surface area contributed by atoms with Crippen LogP contribution in [0.5, 0.6) is 0 Å². The van der Waals surface area contributed by atoms with Gasteiger partial charge >= 0.3 is 0 Å². The van der Waals surface area contributed by atoms with Gasteiger partial charge in [-0.1, -0.05) is 24.3 Å². The Balaban J connectivity index is 2.03. The van der Waals surface area contributed by atoms with E-state index in [1.54, 1.807) is 41.2 Å². The largest absolute Gasteiger partial charge is 0.322 e. The van der Waals surface area contributed by atoms with Crippen molar-refractivity contribution in [1.82, 2.24) is 4.57 Å². The van der Waals surface area contributed by atoms with Crippen molar-refractivity contribution < 1.29 is 12.8 Å². The Kier molecular flexibility index (Phi) is 3.68. The standard InChI is InChI=1S/C16H13FN2O2S/c17-13-7-1-4-10-16(13)22(20,21)18-14-8-2-3-9-15(14)19-11-5-6-12-19/h1-12,18H. The lowest BCUT2D eigenvalue weighted by atomic mass is 10.3. The highest BCUT2D eigenvalue weighted by molar-refractivity contribution is 7.92. The minimum atomic E-state index is -4.00. The molecule has 1 N–H and O–H groups in total. The second kappa shape index (κ2) is 5.65. The van der Waals surface area contributed by atoms with Crippen LogP contribution in [0.2, 0.25) is 0 Å². The van der Waals surface area contributed by atoms with Crippen LogP contribution < -0.4 is 4.72 Å². The van der Waals surface area contributed by atoms with Crippen LogP contribution in [0.25, 0.3) is 5.69 Å². The van der Waals surface area contributed by atoms with Crippen molar-refractivity contribution in [3.05, 3.63) is 78.9 Å². The SMILES string of the molecule is O=S(=O)(Nc1ccccc1-n1cccc1)c1ccccc1F. The van der Waals surface area contributed by atoms with Gasteiger partial charge in [-0.25, -0.2) is 12.8 Å². The van der Waals surface area contributed by atoms with Crippen molar-refractivity contribution in [3.8, 4) is 5.69 Å². The van der Waals surface area contributed by atoms with Crippen molar-refractivity contribution in [3.63, 3.8) is 0 Å². The van der Waals surface area contributed by atoms with E-state index in [2.05, 4.69) is 4.72 Å². The Morgan fingerprint density at radius 3 is 2.23 bits per heavy atom. The lowest BCUT2D eigenvalue weighted by Crippen LogP contribution is -2.15. The smallest absolute Gasteiger partial charge is 0.264 e. The first kappa shape index (κ1) is 14.3. The number of nitrogens with one attached hydrogen (secondary N) is 1. The number of hydrogen-bond acceptors (Lipinski definition) is 2. The molecule has 0 aliphatic heterocycles. The topological polar surface area (TPSA) is 51.1 Å². The van der Waals surface area contributed by atoms with E-state index >= 15 is 0 Å². The number of para-hydroxylation sites is 2. The summed E-state index contributed by atoms with van der Waals surface area (Å²) in [6.07, 6.45) is 3.60. The number of hydrogen-bond donors (Lipinski definition) is 1. The van der Waals surface area contributed by atoms with Gasteiger partial charge in [0.15, 0.2) is 0 Å². The molecule has 4 nitrogen and oxygen atoms in total. The van der Waals surface area contributed by atoms with Crippen molar-refractivity contribution in [2.45, 2.75) is 4.90 Å². The number of benzene rings is 2. The first-order valence-corrected chi connectivity index (χ1v) is 8.06. The van der Waals surface area contributed by atoms with Crippen molar-refractivity contribution in [2.75, 3.05) is 4.72 Å². The third-order valence-electron chi connectivity index (χ3n) is 3.16. The van der Waals surface area contributed by atoms with E-state index in [-0.39, 0.29) is 4.90 Å². The molecular weight excluding hydrogens is 303 g/mol. The third-order valence-corrected chi connectivity index (χ3v) is 4.56. The fourth-order valence-corrected chi connectivity index (χ4v) is 3.30. The molecule has 0 radical (unpaired) electrons. The predicted molar refractivity (Wildman–Crippen MR) is 83.0 cm³/mol. The van der Waals surface area contributed by atoms with Gasteiger partial charge in [0.2, 0.25) is 0 Å². The van der Waals surface area contributed by atoms with Crippen LogP contribution >= 0.6 is 0 Å². The van der Waals surface area contributed by atoms with Crippen LogP contribution in [0.1, 0.15) is 0 Å². The number of anilines is 1. The average Bonchev–Trinajstić information content (AvgIpc) is 3.02. The summed E-state index contributed by atoms with van der Waals surface area (Å²) in [4.78, 5) is -0.377. The number of rotatable bonds is 4. The van der Waals surface area contributed by atoms with E-state index in [0.717, 1.165) is 6.07 Å². The van der Waals surface area contributed by atoms with Gasteiger partial charge in [-0.3, -0.25) is 4.72 Å². The van der Waals surface area contributed by atoms with Gasteiger partial charge in [0.1, 0.15) is 10.7 Å². The molecular formula is C16H13FN2O2S. The van der Waals surface area contributed by atoms with E-state index in [1.165, 1.54) is 18.2 Å². The van der Waals surface area contributed by atoms with Crippen LogP contribution in [0, 0.1) is 5.82 Å². The molecule has 1 heterocycles. The number of sulfonamides is 1. The van der Waals surface area contributed by atoms with Gasteiger partial charge in [-0.15, -0.1) is 0 Å². The molecule has 0 fully saturated rings. The van der Waals surface area contributed by atoms with Gasteiger partial charge in [0.25, 0.3) is 10.0 Å². The molecule has 3 aromatic rings. The summed E-state index contributed by atoms with van der Waals surface area (Å²) in [5.41, 5.74) is 1.04. The van der Waals surface area contributed by atoms with Crippen molar-refractivity contribution >= 4 is 15.7 Å². The van der Waals surface area contributed by atoms with Gasteiger partial charge in [-0.2, -0.15) is 0 Å².